The molecule has 0 saturated heterocycles. The van der Waals surface area contributed by atoms with E-state index in [9.17, 15) is 0 Å². The zero-order valence-corrected chi connectivity index (χ0v) is 13.9. The fourth-order valence-corrected chi connectivity index (χ4v) is 2.78. The molecule has 1 aliphatic carbocycles. The molecule has 0 radical (unpaired) electrons. The van der Waals surface area contributed by atoms with Crippen LogP contribution in [-0.2, 0) is 9.47 Å². The average molecular weight is 282 g/mol. The van der Waals surface area contributed by atoms with Gasteiger partial charge in [-0.3, -0.25) is 0 Å². The highest BCUT2D eigenvalue weighted by Gasteiger charge is 2.26. The summed E-state index contributed by atoms with van der Waals surface area (Å²) in [5, 5.41) is 0. The Bertz CT molecular complexity index is 273. The maximum absolute atomic E-state index is 6.11. The fourth-order valence-electron chi connectivity index (χ4n) is 2.78. The van der Waals surface area contributed by atoms with Gasteiger partial charge in [0.05, 0.1) is 5.76 Å². The third-order valence-electron chi connectivity index (χ3n) is 4.26. The van der Waals surface area contributed by atoms with E-state index in [0.717, 1.165) is 25.0 Å². The van der Waals surface area contributed by atoms with Crippen molar-refractivity contribution in [1.29, 1.82) is 0 Å². The third-order valence-corrected chi connectivity index (χ3v) is 4.26. The lowest BCUT2D eigenvalue weighted by Crippen LogP contribution is -2.31. The van der Waals surface area contributed by atoms with E-state index in [1.54, 1.807) is 7.11 Å². The van der Waals surface area contributed by atoms with Gasteiger partial charge < -0.3 is 9.47 Å². The number of rotatable bonds is 11. The smallest absolute Gasteiger partial charge is 0.206 e. The van der Waals surface area contributed by atoms with Crippen LogP contribution in [-0.4, -0.2) is 12.9 Å². The van der Waals surface area contributed by atoms with Gasteiger partial charge in [-0.2, -0.15) is 0 Å². The Morgan fingerprint density at radius 2 is 1.75 bits per heavy atom. The minimum atomic E-state index is -0.424. The van der Waals surface area contributed by atoms with Crippen LogP contribution >= 0.6 is 0 Å². The van der Waals surface area contributed by atoms with E-state index < -0.39 is 5.79 Å². The van der Waals surface area contributed by atoms with Gasteiger partial charge in [0.15, 0.2) is 0 Å². The number of hydrogen-bond acceptors (Lipinski definition) is 2. The van der Waals surface area contributed by atoms with E-state index in [-0.39, 0.29) is 0 Å². The molecule has 1 atom stereocenters. The zero-order chi connectivity index (χ0) is 14.7. The molecule has 0 N–H and O–H groups in total. The minimum absolute atomic E-state index is 0.424. The summed E-state index contributed by atoms with van der Waals surface area (Å²) >= 11 is 0. The summed E-state index contributed by atoms with van der Waals surface area (Å²) in [6.07, 6.45) is 17.3. The Hall–Kier alpha value is -0.500. The van der Waals surface area contributed by atoms with E-state index in [0.29, 0.717) is 0 Å². The Kier molecular flexibility index (Phi) is 9.00. The quantitative estimate of drug-likeness (QED) is 0.343. The normalized spacial score (nSPS) is 18.4. The van der Waals surface area contributed by atoms with Crippen molar-refractivity contribution in [2.75, 3.05) is 7.11 Å². The van der Waals surface area contributed by atoms with Gasteiger partial charge in [0.1, 0.15) is 0 Å². The van der Waals surface area contributed by atoms with E-state index in [1.807, 2.05) is 0 Å². The number of ether oxygens (including phenoxy) is 2. The minimum Gasteiger partial charge on any atom is -0.467 e. The van der Waals surface area contributed by atoms with Gasteiger partial charge >= 0.3 is 0 Å². The Balaban J connectivity index is 2.18. The molecule has 0 bridgehead atoms. The first-order chi connectivity index (χ1) is 9.70. The monoisotopic (exact) mass is 282 g/mol. The molecule has 0 saturated carbocycles. The van der Waals surface area contributed by atoms with Gasteiger partial charge in [-0.25, -0.2) is 0 Å². The molecule has 2 nitrogen and oxygen atoms in total. The molecule has 0 aromatic rings. The van der Waals surface area contributed by atoms with Crippen molar-refractivity contribution in [1.82, 2.24) is 0 Å². The van der Waals surface area contributed by atoms with E-state index in [4.69, 9.17) is 9.47 Å². The first-order valence-corrected chi connectivity index (χ1v) is 8.63. The summed E-state index contributed by atoms with van der Waals surface area (Å²) in [4.78, 5) is 0. The number of methoxy groups -OCH3 is 1. The van der Waals surface area contributed by atoms with Gasteiger partial charge in [-0.1, -0.05) is 45.4 Å². The first kappa shape index (κ1) is 17.6. The van der Waals surface area contributed by atoms with Crippen LogP contribution in [0.5, 0.6) is 0 Å². The second-order valence-electron chi connectivity index (χ2n) is 6.23. The number of allylic oxidation sites excluding steroid dienone is 2. The number of unbranched alkanes of at least 4 members (excludes halogenated alkanes) is 6. The molecule has 0 amide bonds. The van der Waals surface area contributed by atoms with Crippen LogP contribution in [0.15, 0.2) is 11.8 Å². The predicted molar refractivity (Wildman–Crippen MR) is 85.7 cm³/mol. The summed E-state index contributed by atoms with van der Waals surface area (Å²) < 4.78 is 11.7. The molecule has 1 rings (SSSR count). The highest BCUT2D eigenvalue weighted by atomic mass is 16.7. The van der Waals surface area contributed by atoms with E-state index >= 15 is 0 Å². The fraction of sp³-hybridized carbons (Fsp3) is 0.889. The lowest BCUT2D eigenvalue weighted by molar-refractivity contribution is -0.193. The van der Waals surface area contributed by atoms with Crippen molar-refractivity contribution >= 4 is 0 Å². The third kappa shape index (κ3) is 7.33. The largest absolute Gasteiger partial charge is 0.467 e. The predicted octanol–water partition coefficient (Wildman–Crippen LogP) is 5.96. The van der Waals surface area contributed by atoms with Crippen LogP contribution < -0.4 is 0 Å². The molecule has 0 aromatic carbocycles. The van der Waals surface area contributed by atoms with Crippen molar-refractivity contribution in [2.45, 2.75) is 96.7 Å². The van der Waals surface area contributed by atoms with Crippen LogP contribution in [0.1, 0.15) is 90.9 Å². The van der Waals surface area contributed by atoms with Gasteiger partial charge in [0.2, 0.25) is 5.79 Å². The SMILES string of the molecule is CCCCCCCCCC(C)(OC)OC1=CCCCC1. The molecule has 0 aromatic heterocycles. The first-order valence-electron chi connectivity index (χ1n) is 8.63. The van der Waals surface area contributed by atoms with Crippen LogP contribution in [0.2, 0.25) is 0 Å². The maximum atomic E-state index is 6.11. The van der Waals surface area contributed by atoms with Crippen molar-refractivity contribution in [3.05, 3.63) is 11.8 Å². The van der Waals surface area contributed by atoms with Gasteiger partial charge in [0, 0.05) is 26.9 Å². The summed E-state index contributed by atoms with van der Waals surface area (Å²) in [7, 11) is 1.77. The molecular weight excluding hydrogens is 248 g/mol. The van der Waals surface area contributed by atoms with Crippen LogP contribution in [0.3, 0.4) is 0 Å². The van der Waals surface area contributed by atoms with Crippen LogP contribution in [0.4, 0.5) is 0 Å². The highest BCUT2D eigenvalue weighted by Crippen LogP contribution is 2.28. The second kappa shape index (κ2) is 10.3. The van der Waals surface area contributed by atoms with Crippen LogP contribution in [0.25, 0.3) is 0 Å². The molecule has 118 valence electrons. The zero-order valence-electron chi connectivity index (χ0n) is 13.9. The molecule has 20 heavy (non-hydrogen) atoms. The lowest BCUT2D eigenvalue weighted by atomic mass is 10.0. The molecule has 1 aliphatic rings. The average Bonchev–Trinajstić information content (AvgIpc) is 2.47. The summed E-state index contributed by atoms with van der Waals surface area (Å²) in [6.45, 7) is 4.35. The van der Waals surface area contributed by atoms with E-state index in [1.165, 1.54) is 57.8 Å². The molecule has 0 spiro atoms. The highest BCUT2D eigenvalue weighted by molar-refractivity contribution is 4.98. The van der Waals surface area contributed by atoms with Crippen molar-refractivity contribution in [3.63, 3.8) is 0 Å². The Morgan fingerprint density at radius 1 is 1.05 bits per heavy atom. The standard InChI is InChI=1S/C18H34O2/c1-4-5-6-7-8-9-13-16-18(2,19-3)20-17-14-11-10-12-15-17/h14H,4-13,15-16H2,1-3H3. The molecule has 0 aliphatic heterocycles. The van der Waals surface area contributed by atoms with E-state index in [2.05, 4.69) is 19.9 Å². The van der Waals surface area contributed by atoms with Crippen molar-refractivity contribution < 1.29 is 9.47 Å². The van der Waals surface area contributed by atoms with Gasteiger partial charge in [-0.05, 0) is 31.8 Å². The van der Waals surface area contributed by atoms with Crippen LogP contribution in [0, 0.1) is 0 Å². The Morgan fingerprint density at radius 3 is 2.35 bits per heavy atom. The summed E-state index contributed by atoms with van der Waals surface area (Å²) in [6, 6.07) is 0. The molecular formula is C18H34O2. The lowest BCUT2D eigenvalue weighted by Gasteiger charge is -2.31. The second-order valence-corrected chi connectivity index (χ2v) is 6.23. The topological polar surface area (TPSA) is 18.5 Å². The molecule has 2 heteroatoms. The summed E-state index contributed by atoms with van der Waals surface area (Å²) in [5.74, 6) is 0.718. The molecule has 0 heterocycles. The summed E-state index contributed by atoms with van der Waals surface area (Å²) in [5.41, 5.74) is 0. The molecule has 0 fully saturated rings. The van der Waals surface area contributed by atoms with Gasteiger partial charge in [0.25, 0.3) is 0 Å². The van der Waals surface area contributed by atoms with Crippen molar-refractivity contribution in [3.8, 4) is 0 Å². The van der Waals surface area contributed by atoms with Gasteiger partial charge in [-0.15, -0.1) is 0 Å². The number of hydrogen-bond donors (Lipinski definition) is 0. The maximum Gasteiger partial charge on any atom is 0.206 e. The van der Waals surface area contributed by atoms with Crippen molar-refractivity contribution in [2.24, 2.45) is 0 Å². The Labute approximate surface area is 125 Å². The molecule has 1 unspecified atom stereocenters.